The van der Waals surface area contributed by atoms with E-state index in [9.17, 15) is 18.0 Å². The van der Waals surface area contributed by atoms with Crippen LogP contribution in [0, 0.1) is 0 Å². The number of hydrogen-bond acceptors (Lipinski definition) is 7. The van der Waals surface area contributed by atoms with Crippen molar-refractivity contribution in [3.8, 4) is 0 Å². The molecule has 0 saturated heterocycles. The van der Waals surface area contributed by atoms with E-state index in [4.69, 9.17) is 0 Å². The normalized spacial score (nSPS) is 11.4. The minimum absolute atomic E-state index is 0.163. The second kappa shape index (κ2) is 7.05. The highest BCUT2D eigenvalue weighted by atomic mass is 32.2. The van der Waals surface area contributed by atoms with Gasteiger partial charge in [0.05, 0.1) is 16.6 Å². The number of amides is 2. The van der Waals surface area contributed by atoms with Gasteiger partial charge in [-0.15, -0.1) is 5.10 Å². The molecule has 0 atom stereocenters. The number of aromatic nitrogens is 2. The Morgan fingerprint density at radius 3 is 2.26 bits per heavy atom. The van der Waals surface area contributed by atoms with Crippen molar-refractivity contribution in [2.24, 2.45) is 0 Å². The van der Waals surface area contributed by atoms with Crippen molar-refractivity contribution in [2.45, 2.75) is 6.92 Å². The summed E-state index contributed by atoms with van der Waals surface area (Å²) in [5.41, 5.74) is 1.48. The van der Waals surface area contributed by atoms with E-state index >= 15 is 0 Å². The Kier molecular flexibility index (Phi) is 4.94. The Morgan fingerprint density at radius 2 is 1.67 bits per heavy atom. The van der Waals surface area contributed by atoms with Crippen LogP contribution in [0.15, 0.2) is 42.5 Å². The zero-order chi connectivity index (χ0) is 19.8. The molecule has 2 aromatic carbocycles. The average Bonchev–Trinajstić information content (AvgIpc) is 3.08. The van der Waals surface area contributed by atoms with E-state index in [0.29, 0.717) is 11.2 Å². The molecule has 0 aliphatic rings. The molecule has 0 bridgehead atoms. The smallest absolute Gasteiger partial charge is 0.272 e. The molecule has 0 N–H and O–H groups in total. The summed E-state index contributed by atoms with van der Waals surface area (Å²) in [6, 6.07) is 10.9. The molecule has 0 aliphatic carbocycles. The molecular formula is C17H16N4O4S2. The molecule has 8 nitrogen and oxygen atoms in total. The molecular weight excluding hydrogens is 388 g/mol. The summed E-state index contributed by atoms with van der Waals surface area (Å²) >= 11 is 1.19. The summed E-state index contributed by atoms with van der Waals surface area (Å²) in [6.07, 6.45) is 0.962. The van der Waals surface area contributed by atoms with Crippen molar-refractivity contribution < 1.29 is 18.0 Å². The summed E-state index contributed by atoms with van der Waals surface area (Å²) in [5.74, 6) is -0.857. The van der Waals surface area contributed by atoms with Gasteiger partial charge < -0.3 is 4.90 Å². The number of fused-ring (bicyclic) bond motifs is 1. The SMILES string of the molecule is CC(=O)N(C)c1ccc(N(C(=O)c2ccc3snnc3c2)S(C)(=O)=O)cc1. The largest absolute Gasteiger partial charge is 0.316 e. The first-order valence-electron chi connectivity index (χ1n) is 7.79. The van der Waals surface area contributed by atoms with Gasteiger partial charge in [-0.25, -0.2) is 12.7 Å². The highest BCUT2D eigenvalue weighted by molar-refractivity contribution is 7.92. The molecule has 1 aromatic heterocycles. The molecule has 0 fully saturated rings. The van der Waals surface area contributed by atoms with Crippen LogP contribution >= 0.6 is 11.5 Å². The summed E-state index contributed by atoms with van der Waals surface area (Å²) < 4.78 is 29.9. The van der Waals surface area contributed by atoms with Crippen molar-refractivity contribution >= 4 is 55.0 Å². The number of nitrogens with zero attached hydrogens (tertiary/aromatic N) is 4. The number of carbonyl (C=O) groups excluding carboxylic acids is 2. The van der Waals surface area contributed by atoms with Gasteiger partial charge in [-0.2, -0.15) is 0 Å². The molecule has 140 valence electrons. The Balaban J connectivity index is 2.01. The van der Waals surface area contributed by atoms with Crippen LogP contribution in [0.5, 0.6) is 0 Å². The number of sulfonamides is 1. The Morgan fingerprint density at radius 1 is 1.04 bits per heavy atom. The Bertz CT molecular complexity index is 1120. The fourth-order valence-corrected chi connectivity index (χ4v) is 3.93. The van der Waals surface area contributed by atoms with E-state index < -0.39 is 15.9 Å². The van der Waals surface area contributed by atoms with E-state index in [2.05, 4.69) is 9.59 Å². The zero-order valence-corrected chi connectivity index (χ0v) is 16.4. The maximum atomic E-state index is 12.9. The fraction of sp³-hybridized carbons (Fsp3) is 0.176. The molecule has 0 radical (unpaired) electrons. The molecule has 1 heterocycles. The molecule has 3 aromatic rings. The van der Waals surface area contributed by atoms with E-state index in [0.717, 1.165) is 15.3 Å². The number of anilines is 2. The third kappa shape index (κ3) is 3.81. The highest BCUT2D eigenvalue weighted by Gasteiger charge is 2.27. The minimum atomic E-state index is -3.88. The lowest BCUT2D eigenvalue weighted by Gasteiger charge is -2.22. The number of hydrogen-bond donors (Lipinski definition) is 0. The van der Waals surface area contributed by atoms with Crippen molar-refractivity contribution in [3.63, 3.8) is 0 Å². The predicted octanol–water partition coefficient (Wildman–Crippen LogP) is 2.28. The standard InChI is InChI=1S/C17H16N4O4S2/c1-11(22)20(2)13-5-7-14(8-6-13)21(27(3,24)25)17(23)12-4-9-16-15(10-12)18-19-26-16/h4-10H,1-3H3. The maximum Gasteiger partial charge on any atom is 0.272 e. The number of rotatable bonds is 4. The van der Waals surface area contributed by atoms with Crippen LogP contribution in [-0.4, -0.2) is 43.1 Å². The number of benzene rings is 2. The lowest BCUT2D eigenvalue weighted by molar-refractivity contribution is -0.116. The second-order valence-corrected chi connectivity index (χ2v) is 8.50. The van der Waals surface area contributed by atoms with E-state index in [1.165, 1.54) is 41.6 Å². The summed E-state index contributed by atoms with van der Waals surface area (Å²) in [6.45, 7) is 1.42. The first kappa shape index (κ1) is 18.9. The van der Waals surface area contributed by atoms with Crippen LogP contribution in [0.4, 0.5) is 11.4 Å². The van der Waals surface area contributed by atoms with Gasteiger partial charge in [-0.3, -0.25) is 9.59 Å². The molecule has 0 unspecified atom stereocenters. The van der Waals surface area contributed by atoms with Crippen molar-refractivity contribution in [2.75, 3.05) is 22.5 Å². The predicted molar refractivity (Wildman–Crippen MR) is 105 cm³/mol. The highest BCUT2D eigenvalue weighted by Crippen LogP contribution is 2.25. The maximum absolute atomic E-state index is 12.9. The van der Waals surface area contributed by atoms with Crippen molar-refractivity contribution in [1.82, 2.24) is 9.59 Å². The molecule has 10 heteroatoms. The van der Waals surface area contributed by atoms with Crippen LogP contribution in [0.1, 0.15) is 17.3 Å². The first-order valence-corrected chi connectivity index (χ1v) is 10.4. The third-order valence-corrected chi connectivity index (χ3v) is 5.70. The Labute approximate surface area is 160 Å². The van der Waals surface area contributed by atoms with Gasteiger partial charge in [-0.05, 0) is 54.0 Å². The van der Waals surface area contributed by atoms with Crippen LogP contribution in [-0.2, 0) is 14.8 Å². The molecule has 0 saturated carbocycles. The van der Waals surface area contributed by atoms with Gasteiger partial charge >= 0.3 is 0 Å². The monoisotopic (exact) mass is 404 g/mol. The Hall–Kier alpha value is -2.85. The van der Waals surface area contributed by atoms with Crippen molar-refractivity contribution in [1.29, 1.82) is 0 Å². The van der Waals surface area contributed by atoms with Crippen LogP contribution in [0.3, 0.4) is 0 Å². The van der Waals surface area contributed by atoms with Gasteiger partial charge in [0.2, 0.25) is 15.9 Å². The quantitative estimate of drug-likeness (QED) is 0.661. The third-order valence-electron chi connectivity index (χ3n) is 3.95. The molecule has 3 rings (SSSR count). The van der Waals surface area contributed by atoms with Crippen LogP contribution in [0.2, 0.25) is 0 Å². The molecule has 0 spiro atoms. The van der Waals surface area contributed by atoms with E-state index in [1.807, 2.05) is 0 Å². The fourth-order valence-electron chi connectivity index (χ4n) is 2.48. The lowest BCUT2D eigenvalue weighted by atomic mass is 10.2. The van der Waals surface area contributed by atoms with Crippen LogP contribution in [0.25, 0.3) is 10.2 Å². The summed E-state index contributed by atoms with van der Waals surface area (Å²) in [7, 11) is -2.28. The molecule has 0 aliphatic heterocycles. The zero-order valence-electron chi connectivity index (χ0n) is 14.8. The first-order chi connectivity index (χ1) is 12.7. The van der Waals surface area contributed by atoms with Gasteiger partial charge in [0, 0.05) is 25.2 Å². The second-order valence-electron chi connectivity index (χ2n) is 5.88. The van der Waals surface area contributed by atoms with Crippen LogP contribution < -0.4 is 9.21 Å². The van der Waals surface area contributed by atoms with Gasteiger partial charge in [0.1, 0.15) is 5.52 Å². The number of carbonyl (C=O) groups is 2. The summed E-state index contributed by atoms with van der Waals surface area (Å²) in [5, 5.41) is 3.91. The van der Waals surface area contributed by atoms with Gasteiger partial charge in [0.15, 0.2) is 0 Å². The minimum Gasteiger partial charge on any atom is -0.316 e. The average molecular weight is 404 g/mol. The van der Waals surface area contributed by atoms with Gasteiger partial charge in [0.25, 0.3) is 5.91 Å². The topological polar surface area (TPSA) is 101 Å². The molecule has 27 heavy (non-hydrogen) atoms. The molecule has 2 amide bonds. The van der Waals surface area contributed by atoms with Gasteiger partial charge in [-0.1, -0.05) is 4.49 Å². The van der Waals surface area contributed by atoms with Crippen molar-refractivity contribution in [3.05, 3.63) is 48.0 Å². The summed E-state index contributed by atoms with van der Waals surface area (Å²) in [4.78, 5) is 25.8. The lowest BCUT2D eigenvalue weighted by Crippen LogP contribution is -2.36. The van der Waals surface area contributed by atoms with E-state index in [-0.39, 0.29) is 17.2 Å². The van der Waals surface area contributed by atoms with E-state index in [1.54, 1.807) is 31.3 Å².